The molecule has 6 nitrogen and oxygen atoms in total. The molecule has 1 aromatic carbocycles. The Morgan fingerprint density at radius 3 is 2.68 bits per heavy atom. The third-order valence-corrected chi connectivity index (χ3v) is 5.13. The number of guanidine groups is 1. The van der Waals surface area contributed by atoms with Gasteiger partial charge in [-0.15, -0.1) is 0 Å². The van der Waals surface area contributed by atoms with E-state index in [0.29, 0.717) is 13.1 Å². The van der Waals surface area contributed by atoms with E-state index < -0.39 is 0 Å². The van der Waals surface area contributed by atoms with Crippen LogP contribution in [0, 0.1) is 5.41 Å². The highest BCUT2D eigenvalue weighted by Gasteiger charge is 2.20. The summed E-state index contributed by atoms with van der Waals surface area (Å²) in [5, 5.41) is 8.67. The van der Waals surface area contributed by atoms with Crippen LogP contribution < -0.4 is 5.73 Å². The van der Waals surface area contributed by atoms with Gasteiger partial charge in [0.1, 0.15) is 0 Å². The lowest BCUT2D eigenvalue weighted by Gasteiger charge is -2.26. The Hall–Kier alpha value is -2.86. The third-order valence-electron chi connectivity index (χ3n) is 4.78. The standard InChI is InChI=1S/C21H25ClN6/c22-19-8-2-1-7-17(19)18(20-9-3-4-11-26-20)10-13-28(21(23)24)12-5-6-16-14-25-15-27-16/h1-4,7-9,11,14-15,18H,5-6,10,12-13H2,(H3,23,24)(H,25,27). The Morgan fingerprint density at radius 1 is 1.18 bits per heavy atom. The van der Waals surface area contributed by atoms with Crippen molar-refractivity contribution in [3.8, 4) is 0 Å². The summed E-state index contributed by atoms with van der Waals surface area (Å²) in [6.07, 6.45) is 7.84. The number of aryl methyl sites for hydroxylation is 1. The Morgan fingerprint density at radius 2 is 2.00 bits per heavy atom. The molecule has 3 rings (SSSR count). The average Bonchev–Trinajstić information content (AvgIpc) is 3.22. The third kappa shape index (κ3) is 5.33. The van der Waals surface area contributed by atoms with Crippen LogP contribution in [0.1, 0.15) is 35.7 Å². The second kappa shape index (κ2) is 9.90. The maximum atomic E-state index is 7.94. The van der Waals surface area contributed by atoms with E-state index >= 15 is 0 Å². The molecule has 28 heavy (non-hydrogen) atoms. The minimum absolute atomic E-state index is 0.0457. The number of aromatic amines is 1. The van der Waals surface area contributed by atoms with Gasteiger partial charge in [-0.3, -0.25) is 10.4 Å². The first-order valence-corrected chi connectivity index (χ1v) is 9.74. The van der Waals surface area contributed by atoms with Crippen LogP contribution in [0.15, 0.2) is 61.2 Å². The van der Waals surface area contributed by atoms with Crippen LogP contribution in [0.2, 0.25) is 5.02 Å². The van der Waals surface area contributed by atoms with Crippen molar-refractivity contribution in [1.82, 2.24) is 19.9 Å². The molecule has 0 aliphatic carbocycles. The predicted octanol–water partition coefficient (Wildman–Crippen LogP) is 3.81. The van der Waals surface area contributed by atoms with Gasteiger partial charge < -0.3 is 15.6 Å². The molecule has 1 unspecified atom stereocenters. The van der Waals surface area contributed by atoms with E-state index in [1.54, 1.807) is 12.5 Å². The Kier molecular flexibility index (Phi) is 7.03. The lowest BCUT2D eigenvalue weighted by atomic mass is 9.91. The van der Waals surface area contributed by atoms with Crippen molar-refractivity contribution in [2.45, 2.75) is 25.2 Å². The van der Waals surface area contributed by atoms with Crippen molar-refractivity contribution < 1.29 is 0 Å². The van der Waals surface area contributed by atoms with Crippen molar-refractivity contribution in [1.29, 1.82) is 5.41 Å². The quantitative estimate of drug-likeness (QED) is 0.378. The van der Waals surface area contributed by atoms with Gasteiger partial charge in [-0.1, -0.05) is 35.9 Å². The molecule has 0 spiro atoms. The van der Waals surface area contributed by atoms with Crippen LogP contribution in [-0.2, 0) is 6.42 Å². The number of nitrogens with two attached hydrogens (primary N) is 1. The fourth-order valence-corrected chi connectivity index (χ4v) is 3.59. The van der Waals surface area contributed by atoms with Gasteiger partial charge in [0.15, 0.2) is 5.96 Å². The zero-order valence-corrected chi connectivity index (χ0v) is 16.4. The first-order valence-electron chi connectivity index (χ1n) is 9.36. The summed E-state index contributed by atoms with van der Waals surface area (Å²) >= 11 is 6.47. The number of H-pyrrole nitrogens is 1. The summed E-state index contributed by atoms with van der Waals surface area (Å²) in [6, 6.07) is 13.8. The second-order valence-corrected chi connectivity index (χ2v) is 7.08. The van der Waals surface area contributed by atoms with Crippen LogP contribution >= 0.6 is 11.6 Å². The highest BCUT2D eigenvalue weighted by Crippen LogP contribution is 2.32. The van der Waals surface area contributed by atoms with Gasteiger partial charge in [0.25, 0.3) is 0 Å². The summed E-state index contributed by atoms with van der Waals surface area (Å²) in [7, 11) is 0. The molecule has 4 N–H and O–H groups in total. The molecule has 0 saturated heterocycles. The first-order chi connectivity index (χ1) is 13.6. The number of nitrogens with zero attached hydrogens (tertiary/aromatic N) is 3. The number of hydrogen-bond donors (Lipinski definition) is 3. The van der Waals surface area contributed by atoms with Crippen molar-refractivity contribution in [3.05, 3.63) is 83.2 Å². The fourth-order valence-electron chi connectivity index (χ4n) is 3.32. The summed E-state index contributed by atoms with van der Waals surface area (Å²) < 4.78 is 0. The van der Waals surface area contributed by atoms with Crippen molar-refractivity contribution in [2.24, 2.45) is 5.73 Å². The van der Waals surface area contributed by atoms with E-state index in [4.69, 9.17) is 22.7 Å². The van der Waals surface area contributed by atoms with Gasteiger partial charge in [0.2, 0.25) is 0 Å². The SMILES string of the molecule is N=C(N)N(CCCc1cnc[nH]1)CCC(c1ccccn1)c1ccccc1Cl. The van der Waals surface area contributed by atoms with E-state index in [1.807, 2.05) is 53.6 Å². The summed E-state index contributed by atoms with van der Waals surface area (Å²) in [4.78, 5) is 13.6. The molecule has 1 atom stereocenters. The highest BCUT2D eigenvalue weighted by atomic mass is 35.5. The smallest absolute Gasteiger partial charge is 0.188 e. The molecule has 2 heterocycles. The van der Waals surface area contributed by atoms with Crippen LogP contribution in [-0.4, -0.2) is 38.9 Å². The van der Waals surface area contributed by atoms with Gasteiger partial charge >= 0.3 is 0 Å². The molecule has 0 aliphatic heterocycles. The zero-order chi connectivity index (χ0) is 19.8. The molecular weight excluding hydrogens is 372 g/mol. The molecule has 3 aromatic rings. The van der Waals surface area contributed by atoms with E-state index in [0.717, 1.165) is 41.2 Å². The number of rotatable bonds is 9. The summed E-state index contributed by atoms with van der Waals surface area (Å²) in [5.74, 6) is 0.132. The van der Waals surface area contributed by atoms with Gasteiger partial charge in [-0.25, -0.2) is 4.98 Å². The average molecular weight is 397 g/mol. The van der Waals surface area contributed by atoms with E-state index in [1.165, 1.54) is 0 Å². The Balaban J connectivity index is 1.68. The van der Waals surface area contributed by atoms with Gasteiger partial charge in [-0.05, 0) is 43.0 Å². The second-order valence-electron chi connectivity index (χ2n) is 6.67. The van der Waals surface area contributed by atoms with Crippen molar-refractivity contribution in [3.63, 3.8) is 0 Å². The van der Waals surface area contributed by atoms with Crippen LogP contribution in [0.3, 0.4) is 0 Å². The molecule has 0 fully saturated rings. The lowest BCUT2D eigenvalue weighted by Crippen LogP contribution is -2.38. The number of pyridine rings is 1. The van der Waals surface area contributed by atoms with E-state index in [9.17, 15) is 0 Å². The molecule has 0 bridgehead atoms. The molecule has 7 heteroatoms. The Bertz CT molecular complexity index is 866. The first kappa shape index (κ1) is 19.9. The van der Waals surface area contributed by atoms with Crippen LogP contribution in [0.25, 0.3) is 0 Å². The highest BCUT2D eigenvalue weighted by molar-refractivity contribution is 6.31. The molecule has 0 saturated carbocycles. The monoisotopic (exact) mass is 396 g/mol. The van der Waals surface area contributed by atoms with Crippen LogP contribution in [0.5, 0.6) is 0 Å². The predicted molar refractivity (Wildman–Crippen MR) is 113 cm³/mol. The van der Waals surface area contributed by atoms with Crippen molar-refractivity contribution >= 4 is 17.6 Å². The maximum Gasteiger partial charge on any atom is 0.188 e. The number of imidazole rings is 1. The topological polar surface area (TPSA) is 94.7 Å². The minimum atomic E-state index is 0.0457. The number of nitrogens with one attached hydrogen (secondary N) is 2. The molecule has 0 aliphatic rings. The number of halogens is 1. The minimum Gasteiger partial charge on any atom is -0.370 e. The fraction of sp³-hybridized carbons (Fsp3) is 0.286. The maximum absolute atomic E-state index is 7.94. The van der Waals surface area contributed by atoms with Gasteiger partial charge in [0, 0.05) is 47.8 Å². The largest absolute Gasteiger partial charge is 0.370 e. The molecule has 146 valence electrons. The summed E-state index contributed by atoms with van der Waals surface area (Å²) in [5.41, 5.74) is 8.94. The van der Waals surface area contributed by atoms with Gasteiger partial charge in [0.05, 0.1) is 6.33 Å². The molecule has 2 aromatic heterocycles. The number of aromatic nitrogens is 3. The molecule has 0 radical (unpaired) electrons. The van der Waals surface area contributed by atoms with Crippen molar-refractivity contribution in [2.75, 3.05) is 13.1 Å². The zero-order valence-electron chi connectivity index (χ0n) is 15.7. The van der Waals surface area contributed by atoms with Gasteiger partial charge in [-0.2, -0.15) is 0 Å². The summed E-state index contributed by atoms with van der Waals surface area (Å²) in [6.45, 7) is 1.37. The van der Waals surface area contributed by atoms with E-state index in [-0.39, 0.29) is 11.9 Å². The molecule has 0 amide bonds. The molecular formula is C21H25ClN6. The number of hydrogen-bond acceptors (Lipinski definition) is 3. The van der Waals surface area contributed by atoms with Crippen LogP contribution in [0.4, 0.5) is 0 Å². The normalized spacial score (nSPS) is 11.9. The number of benzene rings is 1. The Labute approximate surface area is 170 Å². The lowest BCUT2D eigenvalue weighted by molar-refractivity contribution is 0.386. The van der Waals surface area contributed by atoms with E-state index in [2.05, 4.69) is 15.0 Å².